The van der Waals surface area contributed by atoms with E-state index in [2.05, 4.69) is 29.5 Å². The summed E-state index contributed by atoms with van der Waals surface area (Å²) in [4.78, 5) is 15.9. The van der Waals surface area contributed by atoms with Gasteiger partial charge in [-0.1, -0.05) is 6.07 Å². The van der Waals surface area contributed by atoms with Crippen LogP contribution in [-0.4, -0.2) is 50.4 Å². The standard InChI is InChI=1S/C28H39N3O3/c1-31-9-8-28(21-4-5-23(33-2)24(13-21)34-3)7-6-22(14-25(28)31)29-30-26(32)27-15-18-10-19(16-27)12-20(11-18)17-27/h4-5,13,18-20,25H,6-12,14-17H2,1-3H3,(H,30,32)/t18?,19?,20?,25-,27?,28-/m0/s1. The molecule has 1 amide bonds. The van der Waals surface area contributed by atoms with E-state index in [4.69, 9.17) is 14.6 Å². The number of amides is 1. The van der Waals surface area contributed by atoms with Crippen LogP contribution >= 0.6 is 0 Å². The Bertz CT molecular complexity index is 969. The van der Waals surface area contributed by atoms with Crippen LogP contribution in [0.5, 0.6) is 11.5 Å². The van der Waals surface area contributed by atoms with Gasteiger partial charge in [-0.15, -0.1) is 0 Å². The van der Waals surface area contributed by atoms with Crippen LogP contribution in [0.25, 0.3) is 0 Å². The Morgan fingerprint density at radius 2 is 1.71 bits per heavy atom. The molecule has 1 aromatic carbocycles. The lowest BCUT2D eigenvalue weighted by atomic mass is 9.49. The smallest absolute Gasteiger partial charge is 0.246 e. The molecular weight excluding hydrogens is 426 g/mol. The van der Waals surface area contributed by atoms with Crippen LogP contribution in [0.3, 0.4) is 0 Å². The molecule has 0 unspecified atom stereocenters. The Balaban J connectivity index is 1.19. The van der Waals surface area contributed by atoms with Crippen LogP contribution in [0.1, 0.15) is 69.8 Å². The van der Waals surface area contributed by atoms with Gasteiger partial charge >= 0.3 is 0 Å². The Morgan fingerprint density at radius 3 is 2.35 bits per heavy atom. The SMILES string of the molecule is COc1ccc([C@@]23CCC(=NNC(=O)C45CC6CC(CC(C6)C4)C5)C[C@@H]2N(C)CC3)cc1OC. The van der Waals surface area contributed by atoms with Crippen molar-refractivity contribution in [2.75, 3.05) is 27.8 Å². The molecule has 0 spiro atoms. The fourth-order valence-electron chi connectivity index (χ4n) is 8.82. The van der Waals surface area contributed by atoms with E-state index in [9.17, 15) is 4.79 Å². The van der Waals surface area contributed by atoms with Crippen molar-refractivity contribution < 1.29 is 14.3 Å². The second-order valence-electron chi connectivity index (χ2n) is 12.0. The summed E-state index contributed by atoms with van der Waals surface area (Å²) in [6.07, 6.45) is 11.3. The molecule has 1 aliphatic heterocycles. The number of methoxy groups -OCH3 is 2. The second-order valence-corrected chi connectivity index (χ2v) is 12.0. The van der Waals surface area contributed by atoms with E-state index in [1.165, 1.54) is 24.8 Å². The fourth-order valence-corrected chi connectivity index (χ4v) is 8.82. The first kappa shape index (κ1) is 22.4. The number of rotatable bonds is 5. The number of ether oxygens (including phenoxy) is 2. The van der Waals surface area contributed by atoms with E-state index in [0.717, 1.165) is 86.5 Å². The third-order valence-electron chi connectivity index (χ3n) is 10.2. The van der Waals surface area contributed by atoms with E-state index in [1.807, 2.05) is 6.07 Å². The minimum absolute atomic E-state index is 0.0945. The van der Waals surface area contributed by atoms with Gasteiger partial charge in [0.05, 0.1) is 19.6 Å². The molecule has 1 N–H and O–H groups in total. The summed E-state index contributed by atoms with van der Waals surface area (Å²) in [6.45, 7) is 1.08. The fraction of sp³-hybridized carbons (Fsp3) is 0.714. The maximum absolute atomic E-state index is 13.4. The van der Waals surface area contributed by atoms with Gasteiger partial charge in [0.25, 0.3) is 0 Å². The van der Waals surface area contributed by atoms with E-state index in [-0.39, 0.29) is 16.7 Å². The normalized spacial score (nSPS) is 39.8. The number of hydrogen-bond acceptors (Lipinski definition) is 5. The van der Waals surface area contributed by atoms with E-state index in [0.29, 0.717) is 6.04 Å². The van der Waals surface area contributed by atoms with Gasteiger partial charge in [-0.25, -0.2) is 5.43 Å². The summed E-state index contributed by atoms with van der Waals surface area (Å²) in [5, 5.41) is 4.77. The number of fused-ring (bicyclic) bond motifs is 1. The first-order valence-corrected chi connectivity index (χ1v) is 13.2. The third kappa shape index (κ3) is 3.47. The number of benzene rings is 1. The molecule has 7 rings (SSSR count). The summed E-state index contributed by atoms with van der Waals surface area (Å²) >= 11 is 0. The summed E-state index contributed by atoms with van der Waals surface area (Å²) in [6, 6.07) is 6.80. The lowest BCUT2D eigenvalue weighted by Crippen LogP contribution is -2.53. The van der Waals surface area contributed by atoms with Crippen LogP contribution in [-0.2, 0) is 10.2 Å². The number of carbonyl (C=O) groups excluding carboxylic acids is 1. The number of hydrazone groups is 1. The van der Waals surface area contributed by atoms with Crippen molar-refractivity contribution in [1.29, 1.82) is 0 Å². The van der Waals surface area contributed by atoms with Crippen molar-refractivity contribution in [2.24, 2.45) is 28.3 Å². The highest BCUT2D eigenvalue weighted by atomic mass is 16.5. The summed E-state index contributed by atoms with van der Waals surface area (Å²) in [5.74, 6) is 4.09. The number of hydrogen-bond donors (Lipinski definition) is 1. The number of nitrogens with zero attached hydrogens (tertiary/aromatic N) is 2. The molecule has 6 heteroatoms. The minimum Gasteiger partial charge on any atom is -0.493 e. The zero-order chi connectivity index (χ0) is 23.5. The number of likely N-dealkylation sites (tertiary alicyclic amines) is 1. The lowest BCUT2D eigenvalue weighted by Gasteiger charge is -2.55. The third-order valence-corrected chi connectivity index (χ3v) is 10.2. The van der Waals surface area contributed by atoms with Crippen LogP contribution in [0.4, 0.5) is 0 Å². The minimum atomic E-state index is -0.138. The largest absolute Gasteiger partial charge is 0.493 e. The van der Waals surface area contributed by atoms with Crippen molar-refractivity contribution in [1.82, 2.24) is 10.3 Å². The van der Waals surface area contributed by atoms with E-state index in [1.54, 1.807) is 14.2 Å². The molecule has 5 saturated carbocycles. The number of nitrogens with one attached hydrogen (secondary N) is 1. The Kier molecular flexibility index (Phi) is 5.43. The monoisotopic (exact) mass is 465 g/mol. The van der Waals surface area contributed by atoms with Crippen molar-refractivity contribution in [3.63, 3.8) is 0 Å². The molecule has 0 radical (unpaired) electrons. The molecule has 6 fully saturated rings. The molecule has 4 bridgehead atoms. The van der Waals surface area contributed by atoms with Crippen molar-refractivity contribution >= 4 is 11.6 Å². The van der Waals surface area contributed by atoms with Crippen molar-refractivity contribution in [3.8, 4) is 11.5 Å². The molecule has 1 heterocycles. The van der Waals surface area contributed by atoms with Crippen LogP contribution in [0.2, 0.25) is 0 Å². The van der Waals surface area contributed by atoms with Crippen molar-refractivity contribution in [3.05, 3.63) is 23.8 Å². The molecule has 184 valence electrons. The maximum Gasteiger partial charge on any atom is 0.246 e. The molecule has 1 aromatic rings. The second kappa shape index (κ2) is 8.25. The maximum atomic E-state index is 13.4. The molecule has 0 aromatic heterocycles. The molecule has 5 aliphatic carbocycles. The molecule has 34 heavy (non-hydrogen) atoms. The van der Waals surface area contributed by atoms with Gasteiger partial charge in [0.2, 0.25) is 5.91 Å². The number of carbonyl (C=O) groups is 1. The van der Waals surface area contributed by atoms with E-state index < -0.39 is 0 Å². The van der Waals surface area contributed by atoms with Crippen LogP contribution in [0.15, 0.2) is 23.3 Å². The molecule has 6 nitrogen and oxygen atoms in total. The molecular formula is C28H39N3O3. The van der Waals surface area contributed by atoms with Gasteiger partial charge < -0.3 is 14.4 Å². The zero-order valence-electron chi connectivity index (χ0n) is 20.9. The lowest BCUT2D eigenvalue weighted by molar-refractivity contribution is -0.146. The quantitative estimate of drug-likeness (QED) is 0.650. The van der Waals surface area contributed by atoms with Crippen molar-refractivity contribution in [2.45, 2.75) is 75.7 Å². The predicted molar refractivity (Wildman–Crippen MR) is 132 cm³/mol. The van der Waals surface area contributed by atoms with Crippen LogP contribution in [0, 0.1) is 23.2 Å². The molecule has 6 aliphatic rings. The van der Waals surface area contributed by atoms with E-state index >= 15 is 0 Å². The highest BCUT2D eigenvalue weighted by Crippen LogP contribution is 2.60. The first-order chi connectivity index (χ1) is 16.4. The first-order valence-electron chi connectivity index (χ1n) is 13.2. The topological polar surface area (TPSA) is 63.2 Å². The zero-order valence-corrected chi connectivity index (χ0v) is 20.9. The average Bonchev–Trinajstić information content (AvgIpc) is 3.18. The highest BCUT2D eigenvalue weighted by Gasteiger charge is 2.55. The van der Waals surface area contributed by atoms with Gasteiger partial charge in [0.1, 0.15) is 0 Å². The molecule has 2 atom stereocenters. The number of likely N-dealkylation sites (N-methyl/N-ethyl adjacent to an activating group) is 1. The van der Waals surface area contributed by atoms with Gasteiger partial charge in [-0.05, 0) is 107 Å². The Morgan fingerprint density at radius 1 is 1.03 bits per heavy atom. The highest BCUT2D eigenvalue weighted by molar-refractivity contribution is 5.89. The Labute approximate surface area is 203 Å². The van der Waals surface area contributed by atoms with Crippen LogP contribution < -0.4 is 14.9 Å². The van der Waals surface area contributed by atoms with Gasteiger partial charge in [0.15, 0.2) is 11.5 Å². The van der Waals surface area contributed by atoms with Gasteiger partial charge in [-0.2, -0.15) is 5.10 Å². The summed E-state index contributed by atoms with van der Waals surface area (Å²) < 4.78 is 11.1. The van der Waals surface area contributed by atoms with Gasteiger partial charge in [-0.3, -0.25) is 4.79 Å². The predicted octanol–water partition coefficient (Wildman–Crippen LogP) is 4.52. The summed E-state index contributed by atoms with van der Waals surface area (Å²) in [7, 11) is 5.61. The summed E-state index contributed by atoms with van der Waals surface area (Å²) in [5.41, 5.74) is 5.52. The van der Waals surface area contributed by atoms with Gasteiger partial charge in [0, 0.05) is 23.6 Å². The Hall–Kier alpha value is -2.08. The average molecular weight is 466 g/mol. The molecule has 1 saturated heterocycles.